The summed E-state index contributed by atoms with van der Waals surface area (Å²) in [5.41, 5.74) is 9.45. The summed E-state index contributed by atoms with van der Waals surface area (Å²) in [6, 6.07) is 28.6. The summed E-state index contributed by atoms with van der Waals surface area (Å²) in [6.45, 7) is 18.2. The Morgan fingerprint density at radius 2 is 1.37 bits per heavy atom. The van der Waals surface area contributed by atoms with E-state index < -0.39 is 0 Å². The van der Waals surface area contributed by atoms with Crippen molar-refractivity contribution in [3.8, 4) is 5.75 Å². The molecular weight excluding hydrogens is 512 g/mol. The molecule has 0 saturated heterocycles. The standard InChI is InChI=1S/C24H22O.C9H13.C2H7Si.Ti/c1-19-13-16-21(17-14-19)18-15-20(2)24(22-9-5-3-6-10-22)25-23-11-7-4-8-12-23;1-6-5-7(2)9(4)8(6)3;1-3-2;/h3-18H,1-2H3;6H,1-4H3;3H,1-2H3;. The quantitative estimate of drug-likeness (QED) is 0.160. The third-order valence-corrected chi connectivity index (χ3v) is 13.4. The van der Waals surface area contributed by atoms with Gasteiger partial charge in [-0.15, -0.1) is 0 Å². The first-order valence-electron chi connectivity index (χ1n) is 13.6. The van der Waals surface area contributed by atoms with Gasteiger partial charge in [0.1, 0.15) is 11.5 Å². The van der Waals surface area contributed by atoms with Gasteiger partial charge in [-0.2, -0.15) is 0 Å². The summed E-state index contributed by atoms with van der Waals surface area (Å²) < 4.78 is 8.06. The molecule has 1 aliphatic carbocycles. The zero-order valence-corrected chi connectivity index (χ0v) is 27.0. The van der Waals surface area contributed by atoms with E-state index in [1.165, 1.54) is 11.1 Å². The van der Waals surface area contributed by atoms with Crippen LogP contribution in [0.1, 0.15) is 51.3 Å². The molecule has 3 aromatic rings. The molecule has 1 nitrogen and oxygen atoms in total. The van der Waals surface area contributed by atoms with E-state index in [1.54, 1.807) is 16.7 Å². The first-order chi connectivity index (χ1) is 18.2. The van der Waals surface area contributed by atoms with Crippen molar-refractivity contribution in [3.63, 3.8) is 0 Å². The third-order valence-electron chi connectivity index (χ3n) is 7.05. The summed E-state index contributed by atoms with van der Waals surface area (Å²) in [5.74, 6) is 2.49. The van der Waals surface area contributed by atoms with Gasteiger partial charge in [-0.05, 0) is 37.1 Å². The van der Waals surface area contributed by atoms with Crippen LogP contribution in [0.25, 0.3) is 11.8 Å². The topological polar surface area (TPSA) is 9.23 Å². The van der Waals surface area contributed by atoms with Gasteiger partial charge in [0, 0.05) is 5.56 Å². The molecule has 0 amide bonds. The van der Waals surface area contributed by atoms with E-state index in [-0.39, 0.29) is 25.1 Å². The first kappa shape index (κ1) is 29.9. The molecule has 0 aromatic heterocycles. The van der Waals surface area contributed by atoms with Crippen LogP contribution in [0.15, 0.2) is 117 Å². The molecule has 0 spiro atoms. The van der Waals surface area contributed by atoms with Gasteiger partial charge in [-0.3, -0.25) is 0 Å². The Morgan fingerprint density at radius 1 is 0.789 bits per heavy atom. The average Bonchev–Trinajstić information content (AvgIpc) is 3.10. The molecule has 0 saturated carbocycles. The summed E-state index contributed by atoms with van der Waals surface area (Å²) in [7, 11) is 0. The van der Waals surface area contributed by atoms with E-state index in [2.05, 4.69) is 103 Å². The predicted molar refractivity (Wildman–Crippen MR) is 165 cm³/mol. The van der Waals surface area contributed by atoms with Crippen LogP contribution < -0.4 is 4.74 Å². The monoisotopic (exact) mass is 554 g/mol. The van der Waals surface area contributed by atoms with Crippen molar-refractivity contribution < 1.29 is 23.1 Å². The van der Waals surface area contributed by atoms with Gasteiger partial charge in [0.2, 0.25) is 0 Å². The molecule has 0 radical (unpaired) electrons. The molecule has 0 N–H and O–H groups in total. The Balaban J connectivity index is 0.000000260. The van der Waals surface area contributed by atoms with E-state index in [9.17, 15) is 0 Å². The summed E-state index contributed by atoms with van der Waals surface area (Å²) in [6.07, 6.45) is 4.22. The summed E-state index contributed by atoms with van der Waals surface area (Å²) >= 11 is 0.267. The number of ether oxygens (including phenoxy) is 1. The number of rotatable bonds is 7. The molecule has 0 aliphatic heterocycles. The minimum absolute atomic E-state index is 0.267. The van der Waals surface area contributed by atoms with Crippen LogP contribution in [0.4, 0.5) is 0 Å². The van der Waals surface area contributed by atoms with E-state index in [0.717, 1.165) is 28.6 Å². The molecule has 0 heterocycles. The van der Waals surface area contributed by atoms with Crippen molar-refractivity contribution >= 4 is 18.5 Å². The van der Waals surface area contributed by atoms with Crippen LogP contribution in [0, 0.1) is 12.8 Å². The molecule has 1 unspecified atom stereocenters. The third kappa shape index (κ3) is 8.43. The maximum absolute atomic E-state index is 6.20. The SMILES string of the molecule is CC(C=Cc1ccc(C)cc1)=C(Oc1ccccc1)c1ccccc1.CC1=C(C)C(C)[C]([Ti][SiH](C)C)=C1C. The van der Waals surface area contributed by atoms with Crippen LogP contribution in [0.3, 0.4) is 0 Å². The second-order valence-electron chi connectivity index (χ2n) is 10.4. The van der Waals surface area contributed by atoms with Crippen molar-refractivity contribution in [1.82, 2.24) is 0 Å². The number of benzene rings is 3. The Hall–Kier alpha value is -2.65. The van der Waals surface area contributed by atoms with Crippen molar-refractivity contribution in [2.75, 3.05) is 0 Å². The Bertz CT molecular complexity index is 1310. The van der Waals surface area contributed by atoms with Gasteiger partial charge in [0.25, 0.3) is 0 Å². The predicted octanol–water partition coefficient (Wildman–Crippen LogP) is 9.83. The van der Waals surface area contributed by atoms with Crippen LogP contribution >= 0.6 is 0 Å². The van der Waals surface area contributed by atoms with Crippen LogP contribution in [-0.4, -0.2) is 6.66 Å². The summed E-state index contributed by atoms with van der Waals surface area (Å²) in [5, 5.41) is 0. The molecule has 38 heavy (non-hydrogen) atoms. The second kappa shape index (κ2) is 14.5. The molecule has 196 valence electrons. The molecule has 1 aliphatic rings. The fourth-order valence-electron chi connectivity index (χ4n) is 4.45. The maximum atomic E-state index is 6.20. The average molecular weight is 555 g/mol. The zero-order chi connectivity index (χ0) is 27.7. The number of allylic oxidation sites excluding steroid dienone is 6. The van der Waals surface area contributed by atoms with Crippen molar-refractivity contribution in [2.45, 2.75) is 54.6 Å². The van der Waals surface area contributed by atoms with E-state index >= 15 is 0 Å². The minimum atomic E-state index is -0.315. The molecule has 0 fully saturated rings. The summed E-state index contributed by atoms with van der Waals surface area (Å²) in [4.78, 5) is 0. The zero-order valence-electron chi connectivity index (χ0n) is 24.3. The normalized spacial score (nSPS) is 16.0. The Labute approximate surface area is 240 Å². The number of hydrogen-bond acceptors (Lipinski definition) is 1. The molecule has 4 rings (SSSR count). The van der Waals surface area contributed by atoms with E-state index in [1.807, 2.05) is 52.4 Å². The van der Waals surface area contributed by atoms with Gasteiger partial charge in [0.15, 0.2) is 0 Å². The van der Waals surface area contributed by atoms with E-state index in [0.29, 0.717) is 0 Å². The van der Waals surface area contributed by atoms with Gasteiger partial charge < -0.3 is 4.74 Å². The van der Waals surface area contributed by atoms with Crippen LogP contribution in [-0.2, 0) is 18.4 Å². The molecule has 1 atom stereocenters. The van der Waals surface area contributed by atoms with Crippen molar-refractivity contribution in [1.29, 1.82) is 0 Å². The number of aryl methyl sites for hydroxylation is 1. The van der Waals surface area contributed by atoms with Crippen molar-refractivity contribution in [3.05, 3.63) is 134 Å². The molecule has 3 heteroatoms. The second-order valence-corrected chi connectivity index (χ2v) is 20.6. The fraction of sp³-hybridized carbons (Fsp3) is 0.257. The van der Waals surface area contributed by atoms with Gasteiger partial charge >= 0.3 is 92.4 Å². The molecule has 3 aromatic carbocycles. The van der Waals surface area contributed by atoms with Crippen LogP contribution in [0.2, 0.25) is 13.1 Å². The van der Waals surface area contributed by atoms with E-state index in [4.69, 9.17) is 4.74 Å². The number of hydrogen-bond donors (Lipinski definition) is 0. The Morgan fingerprint density at radius 3 is 1.89 bits per heavy atom. The van der Waals surface area contributed by atoms with Gasteiger partial charge in [-0.25, -0.2) is 0 Å². The van der Waals surface area contributed by atoms with Gasteiger partial charge in [0.05, 0.1) is 0 Å². The van der Waals surface area contributed by atoms with Crippen LogP contribution in [0.5, 0.6) is 5.75 Å². The number of para-hydroxylation sites is 1. The fourth-order valence-corrected chi connectivity index (χ4v) is 11.3. The van der Waals surface area contributed by atoms with Gasteiger partial charge in [-0.1, -0.05) is 90.5 Å². The molecular formula is C35H42OSiTi. The van der Waals surface area contributed by atoms with Crippen molar-refractivity contribution in [2.24, 2.45) is 5.92 Å². The Kier molecular flexibility index (Phi) is 11.4. The molecule has 0 bridgehead atoms. The first-order valence-corrected chi connectivity index (χ1v) is 19.9.